The molecule has 2 aromatic heterocycles. The van der Waals surface area contributed by atoms with Crippen LogP contribution < -0.4 is 10.6 Å². The lowest BCUT2D eigenvalue weighted by atomic mass is 10.0. The molecule has 38 heavy (non-hydrogen) atoms. The van der Waals surface area contributed by atoms with Crippen LogP contribution in [0.15, 0.2) is 43.2 Å². The summed E-state index contributed by atoms with van der Waals surface area (Å²) < 4.78 is 68.7. The maximum absolute atomic E-state index is 13.7. The van der Waals surface area contributed by atoms with Crippen LogP contribution in [-0.4, -0.2) is 44.5 Å². The second kappa shape index (κ2) is 11.8. The van der Waals surface area contributed by atoms with Gasteiger partial charge in [0.2, 0.25) is 0 Å². The number of halogens is 5. The van der Waals surface area contributed by atoms with E-state index in [9.17, 15) is 31.5 Å². The number of rotatable bonds is 11. The van der Waals surface area contributed by atoms with E-state index in [1.807, 2.05) is 6.92 Å². The van der Waals surface area contributed by atoms with Gasteiger partial charge in [0, 0.05) is 23.6 Å². The highest BCUT2D eigenvalue weighted by Crippen LogP contribution is 2.37. The van der Waals surface area contributed by atoms with Crippen molar-refractivity contribution >= 4 is 29.8 Å². The number of imidazole rings is 1. The van der Waals surface area contributed by atoms with Crippen LogP contribution >= 0.6 is 0 Å². The van der Waals surface area contributed by atoms with Crippen LogP contribution in [0.5, 0.6) is 0 Å². The topological polar surface area (TPSA) is 93.8 Å². The van der Waals surface area contributed by atoms with Gasteiger partial charge in [-0.2, -0.15) is 18.3 Å². The second-order valence-corrected chi connectivity index (χ2v) is 8.03. The first-order valence-electron chi connectivity index (χ1n) is 11.4. The Morgan fingerprint density at radius 1 is 1.26 bits per heavy atom. The summed E-state index contributed by atoms with van der Waals surface area (Å²) in [6.07, 6.45) is -1.57. The van der Waals surface area contributed by atoms with E-state index in [0.29, 0.717) is 34.2 Å². The SMILES string of the molecule is C=C(Nc1ccc(C(=O)NCC=O)c(CC)c1)c1ncc(-c2cn(CC(F)F)nc2C(F)(F)F)n1/C=C\C. The molecule has 0 aliphatic heterocycles. The van der Waals surface area contributed by atoms with Crippen molar-refractivity contribution in [3.63, 3.8) is 0 Å². The molecule has 2 heterocycles. The molecule has 8 nitrogen and oxygen atoms in total. The number of aromatic nitrogens is 4. The number of hydrogen-bond donors (Lipinski definition) is 2. The molecule has 3 aromatic rings. The van der Waals surface area contributed by atoms with E-state index >= 15 is 0 Å². The minimum atomic E-state index is -4.89. The first kappa shape index (κ1) is 28.3. The summed E-state index contributed by atoms with van der Waals surface area (Å²) >= 11 is 0. The molecule has 0 unspecified atom stereocenters. The van der Waals surface area contributed by atoms with E-state index < -0.39 is 36.3 Å². The Morgan fingerprint density at radius 2 is 2.00 bits per heavy atom. The molecular formula is C25H25F5N6O2. The number of hydrogen-bond acceptors (Lipinski definition) is 5. The monoisotopic (exact) mass is 536 g/mol. The highest BCUT2D eigenvalue weighted by Gasteiger charge is 2.38. The molecule has 0 aliphatic rings. The van der Waals surface area contributed by atoms with Crippen LogP contribution in [0.3, 0.4) is 0 Å². The first-order valence-corrected chi connectivity index (χ1v) is 11.4. The normalized spacial score (nSPS) is 11.8. The van der Waals surface area contributed by atoms with Gasteiger partial charge in [-0.05, 0) is 37.1 Å². The van der Waals surface area contributed by atoms with Crippen molar-refractivity contribution < 1.29 is 31.5 Å². The third-order valence-corrected chi connectivity index (χ3v) is 5.37. The summed E-state index contributed by atoms with van der Waals surface area (Å²) in [6, 6.07) is 4.90. The quantitative estimate of drug-likeness (QED) is 0.263. The van der Waals surface area contributed by atoms with Crippen LogP contribution in [0.2, 0.25) is 0 Å². The molecule has 1 aromatic carbocycles. The van der Waals surface area contributed by atoms with Crippen molar-refractivity contribution in [2.45, 2.75) is 39.4 Å². The third kappa shape index (κ3) is 6.33. The van der Waals surface area contributed by atoms with Crippen molar-refractivity contribution in [1.82, 2.24) is 24.6 Å². The summed E-state index contributed by atoms with van der Waals surface area (Å²) in [5.74, 6) is -0.237. The summed E-state index contributed by atoms with van der Waals surface area (Å²) in [4.78, 5) is 27.1. The number of aldehydes is 1. The zero-order valence-corrected chi connectivity index (χ0v) is 20.5. The first-order chi connectivity index (χ1) is 18.0. The Labute approximate surface area is 214 Å². The maximum atomic E-state index is 13.7. The molecule has 202 valence electrons. The zero-order chi connectivity index (χ0) is 28.0. The molecule has 0 atom stereocenters. The number of nitrogens with zero attached hydrogens (tertiary/aromatic N) is 4. The van der Waals surface area contributed by atoms with Crippen molar-refractivity contribution in [1.29, 1.82) is 0 Å². The fourth-order valence-electron chi connectivity index (χ4n) is 3.78. The molecule has 0 aliphatic carbocycles. The molecule has 2 N–H and O–H groups in total. The van der Waals surface area contributed by atoms with Crippen molar-refractivity contribution in [3.8, 4) is 11.3 Å². The maximum Gasteiger partial charge on any atom is 0.435 e. The molecule has 13 heteroatoms. The van der Waals surface area contributed by atoms with Gasteiger partial charge in [0.25, 0.3) is 12.3 Å². The van der Waals surface area contributed by atoms with E-state index in [1.165, 1.54) is 17.0 Å². The predicted octanol–water partition coefficient (Wildman–Crippen LogP) is 5.10. The van der Waals surface area contributed by atoms with E-state index in [2.05, 4.69) is 27.3 Å². The lowest BCUT2D eigenvalue weighted by Gasteiger charge is -2.14. The number of carbonyl (C=O) groups is 2. The Bertz CT molecular complexity index is 1360. The Balaban J connectivity index is 1.98. The minimum Gasteiger partial charge on any atom is -0.353 e. The number of nitrogens with one attached hydrogen (secondary N) is 2. The number of alkyl halides is 5. The molecule has 0 fully saturated rings. The van der Waals surface area contributed by atoms with Gasteiger partial charge in [-0.15, -0.1) is 0 Å². The molecule has 1 amide bonds. The highest BCUT2D eigenvalue weighted by molar-refractivity contribution is 5.97. The largest absolute Gasteiger partial charge is 0.435 e. The molecule has 0 saturated carbocycles. The second-order valence-electron chi connectivity index (χ2n) is 8.03. The highest BCUT2D eigenvalue weighted by atomic mass is 19.4. The minimum absolute atomic E-state index is 0.0228. The van der Waals surface area contributed by atoms with Gasteiger partial charge in [0.15, 0.2) is 11.5 Å². The van der Waals surface area contributed by atoms with E-state index in [4.69, 9.17) is 0 Å². The van der Waals surface area contributed by atoms with E-state index in [-0.39, 0.29) is 23.8 Å². The number of allylic oxidation sites excluding steroid dienone is 1. The van der Waals surface area contributed by atoms with Gasteiger partial charge in [-0.3, -0.25) is 14.0 Å². The van der Waals surface area contributed by atoms with Crippen LogP contribution in [0.4, 0.5) is 27.6 Å². The standard InChI is InChI=1S/C25H25F5N6O2/c1-4-9-36-20(19-13-35(14-21(26)27)34-22(19)25(28,29)30)12-32-23(36)15(3)33-17-6-7-18(16(5-2)11-17)24(38)31-8-10-37/h4,6-7,9-13,21,33H,3,5,8,14H2,1-2H3,(H,31,38)/b9-4-. The van der Waals surface area contributed by atoms with Gasteiger partial charge in [0.1, 0.15) is 12.8 Å². The van der Waals surface area contributed by atoms with E-state index in [1.54, 1.807) is 31.2 Å². The number of carbonyl (C=O) groups excluding carboxylic acids is 2. The molecule has 3 rings (SSSR count). The number of amides is 1. The zero-order valence-electron chi connectivity index (χ0n) is 20.5. The Hall–Kier alpha value is -4.29. The average molecular weight is 537 g/mol. The van der Waals surface area contributed by atoms with Gasteiger partial charge in [-0.1, -0.05) is 19.6 Å². The van der Waals surface area contributed by atoms with Crippen LogP contribution in [-0.2, 0) is 23.9 Å². The molecule has 0 saturated heterocycles. The lowest BCUT2D eigenvalue weighted by Crippen LogP contribution is -2.26. The van der Waals surface area contributed by atoms with Crippen LogP contribution in [0.1, 0.15) is 41.3 Å². The number of anilines is 1. The van der Waals surface area contributed by atoms with Gasteiger partial charge in [0.05, 0.1) is 29.7 Å². The third-order valence-electron chi connectivity index (χ3n) is 5.37. The Kier molecular flexibility index (Phi) is 8.81. The average Bonchev–Trinajstić information content (AvgIpc) is 3.46. The van der Waals surface area contributed by atoms with E-state index in [0.717, 1.165) is 6.20 Å². The summed E-state index contributed by atoms with van der Waals surface area (Å²) in [5.41, 5.74) is 0.0879. The number of benzene rings is 1. The van der Waals surface area contributed by atoms with Gasteiger partial charge in [-0.25, -0.2) is 13.8 Å². The van der Waals surface area contributed by atoms with Crippen LogP contribution in [0.25, 0.3) is 23.2 Å². The van der Waals surface area contributed by atoms with Crippen molar-refractivity contribution in [2.75, 3.05) is 11.9 Å². The van der Waals surface area contributed by atoms with Crippen LogP contribution in [0, 0.1) is 0 Å². The number of aryl methyl sites for hydroxylation is 1. The van der Waals surface area contributed by atoms with Crippen molar-refractivity contribution in [3.05, 3.63) is 65.9 Å². The summed E-state index contributed by atoms with van der Waals surface area (Å²) in [5, 5.41) is 8.86. The summed E-state index contributed by atoms with van der Waals surface area (Å²) in [6.45, 7) is 6.33. The van der Waals surface area contributed by atoms with Gasteiger partial charge >= 0.3 is 6.18 Å². The fraction of sp³-hybridized carbons (Fsp3) is 0.280. The molecular weight excluding hydrogens is 511 g/mol. The smallest absolute Gasteiger partial charge is 0.353 e. The molecule has 0 bridgehead atoms. The summed E-state index contributed by atoms with van der Waals surface area (Å²) in [7, 11) is 0. The Morgan fingerprint density at radius 3 is 2.61 bits per heavy atom. The fourth-order valence-corrected chi connectivity index (χ4v) is 3.78. The molecule has 0 spiro atoms. The van der Waals surface area contributed by atoms with Crippen molar-refractivity contribution in [2.24, 2.45) is 0 Å². The lowest BCUT2D eigenvalue weighted by molar-refractivity contribution is -0.141. The van der Waals surface area contributed by atoms with Gasteiger partial charge < -0.3 is 15.4 Å². The predicted molar refractivity (Wildman–Crippen MR) is 132 cm³/mol. The molecule has 0 radical (unpaired) electrons.